The number of carbonyl (C=O) groups is 2. The minimum atomic E-state index is -1.01. The molecule has 1 aliphatic heterocycles. The molecule has 0 bridgehead atoms. The van der Waals surface area contributed by atoms with Gasteiger partial charge in [-0.1, -0.05) is 6.07 Å². The van der Waals surface area contributed by atoms with E-state index >= 15 is 0 Å². The first-order valence-corrected chi connectivity index (χ1v) is 13.5. The average Bonchev–Trinajstić information content (AvgIpc) is 2.95. The third kappa shape index (κ3) is 5.98. The molecular weight excluding hydrogens is 520 g/mol. The lowest BCUT2D eigenvalue weighted by Crippen LogP contribution is -2.37. The number of nitrogens with two attached hydrogens (primary N) is 1. The molecule has 0 atom stereocenters. The van der Waals surface area contributed by atoms with Crippen LogP contribution in [0.1, 0.15) is 40.9 Å². The molecule has 4 aromatic rings. The monoisotopic (exact) mass is 554 g/mol. The van der Waals surface area contributed by atoms with Crippen LogP contribution in [0.4, 0.5) is 22.0 Å². The second-order valence-electron chi connectivity index (χ2n) is 10.7. The number of amides is 3. The van der Waals surface area contributed by atoms with Crippen LogP contribution in [0.5, 0.6) is 0 Å². The highest BCUT2D eigenvalue weighted by Crippen LogP contribution is 2.32. The van der Waals surface area contributed by atoms with E-state index in [1.54, 1.807) is 45.0 Å². The standard InChI is InChI=1S/C31H34N6O4/c1-18-19(2)25(12-11-23(18)27(32)38)35-30(39)33-22-8-5-20(6-9-22)28-34-26-17-21(31(3,4)40)7-10-24(26)29(36-28)37-13-15-41-16-14-37/h5-12,17,40H,13-16H2,1-4H3,(H2,32,38)(H2,33,35,39). The summed E-state index contributed by atoms with van der Waals surface area (Å²) in [6.07, 6.45) is 0. The maximum atomic E-state index is 12.7. The molecule has 0 radical (unpaired) electrons. The van der Waals surface area contributed by atoms with E-state index in [4.69, 9.17) is 20.4 Å². The Labute approximate surface area is 238 Å². The molecule has 41 heavy (non-hydrogen) atoms. The Morgan fingerprint density at radius 2 is 1.66 bits per heavy atom. The number of anilines is 3. The fraction of sp³-hybridized carbons (Fsp3) is 0.290. The number of urea groups is 1. The van der Waals surface area contributed by atoms with E-state index < -0.39 is 17.5 Å². The second-order valence-corrected chi connectivity index (χ2v) is 10.7. The summed E-state index contributed by atoms with van der Waals surface area (Å²) in [5.74, 6) is 0.862. The summed E-state index contributed by atoms with van der Waals surface area (Å²) in [5.41, 5.74) is 9.81. The van der Waals surface area contributed by atoms with Crippen LogP contribution in [0.25, 0.3) is 22.3 Å². The zero-order valence-electron chi connectivity index (χ0n) is 23.6. The molecule has 1 fully saturated rings. The fourth-order valence-electron chi connectivity index (χ4n) is 4.85. The van der Waals surface area contributed by atoms with Gasteiger partial charge in [0.15, 0.2) is 5.82 Å². The lowest BCUT2D eigenvalue weighted by atomic mass is 9.97. The van der Waals surface area contributed by atoms with Crippen molar-refractivity contribution in [1.82, 2.24) is 9.97 Å². The smallest absolute Gasteiger partial charge is 0.323 e. The molecule has 3 amide bonds. The Morgan fingerprint density at radius 3 is 2.32 bits per heavy atom. The number of nitrogens with zero attached hydrogens (tertiary/aromatic N) is 3. The van der Waals surface area contributed by atoms with Gasteiger partial charge in [0, 0.05) is 41.0 Å². The first-order valence-electron chi connectivity index (χ1n) is 13.5. The zero-order chi connectivity index (χ0) is 29.3. The van der Waals surface area contributed by atoms with E-state index in [2.05, 4.69) is 15.5 Å². The molecular formula is C31H34N6O4. The number of hydrogen-bond donors (Lipinski definition) is 4. The Hall–Kier alpha value is -4.54. The normalized spacial score (nSPS) is 13.7. The SMILES string of the molecule is Cc1c(NC(=O)Nc2ccc(-c3nc(N4CCOCC4)c4ccc(C(C)(C)O)cc4n3)cc2)ccc(C(N)=O)c1C. The van der Waals surface area contributed by atoms with Gasteiger partial charge in [-0.05, 0) is 92.9 Å². The van der Waals surface area contributed by atoms with Crippen molar-refractivity contribution in [3.63, 3.8) is 0 Å². The van der Waals surface area contributed by atoms with Crippen LogP contribution < -0.4 is 21.3 Å². The number of hydrogen-bond acceptors (Lipinski definition) is 7. The van der Waals surface area contributed by atoms with Gasteiger partial charge < -0.3 is 31.1 Å². The van der Waals surface area contributed by atoms with Crippen molar-refractivity contribution in [2.24, 2.45) is 5.73 Å². The number of rotatable bonds is 6. The van der Waals surface area contributed by atoms with E-state index in [0.717, 1.165) is 52.1 Å². The third-order valence-corrected chi connectivity index (χ3v) is 7.40. The lowest BCUT2D eigenvalue weighted by Gasteiger charge is -2.29. The molecule has 1 aliphatic rings. The predicted molar refractivity (Wildman–Crippen MR) is 160 cm³/mol. The predicted octanol–water partition coefficient (Wildman–Crippen LogP) is 4.72. The number of fused-ring (bicyclic) bond motifs is 1. The minimum Gasteiger partial charge on any atom is -0.386 e. The number of benzene rings is 3. The summed E-state index contributed by atoms with van der Waals surface area (Å²) in [6.45, 7) is 9.81. The first-order chi connectivity index (χ1) is 19.5. The first kappa shape index (κ1) is 28.0. The van der Waals surface area contributed by atoms with Gasteiger partial charge in [0.05, 0.1) is 24.3 Å². The van der Waals surface area contributed by atoms with Gasteiger partial charge in [0.2, 0.25) is 5.91 Å². The highest BCUT2D eigenvalue weighted by Gasteiger charge is 2.21. The van der Waals surface area contributed by atoms with Gasteiger partial charge in [0.25, 0.3) is 0 Å². The molecule has 212 valence electrons. The largest absolute Gasteiger partial charge is 0.386 e. The number of primary amides is 1. The van der Waals surface area contributed by atoms with Crippen LogP contribution in [0.15, 0.2) is 54.6 Å². The summed E-state index contributed by atoms with van der Waals surface area (Å²) in [4.78, 5) is 36.3. The van der Waals surface area contributed by atoms with Crippen LogP contribution >= 0.6 is 0 Å². The lowest BCUT2D eigenvalue weighted by molar-refractivity contribution is 0.0787. The average molecular weight is 555 g/mol. The quantitative estimate of drug-likeness (QED) is 0.270. The van der Waals surface area contributed by atoms with E-state index in [0.29, 0.717) is 36.0 Å². The highest BCUT2D eigenvalue weighted by molar-refractivity contribution is 6.01. The van der Waals surface area contributed by atoms with Crippen LogP contribution in [0, 0.1) is 13.8 Å². The number of ether oxygens (including phenoxy) is 1. The Balaban J connectivity index is 1.40. The van der Waals surface area contributed by atoms with Crippen molar-refractivity contribution in [3.05, 3.63) is 76.9 Å². The molecule has 0 spiro atoms. The van der Waals surface area contributed by atoms with Crippen molar-refractivity contribution in [3.8, 4) is 11.4 Å². The molecule has 0 aliphatic carbocycles. The fourth-order valence-corrected chi connectivity index (χ4v) is 4.85. The van der Waals surface area contributed by atoms with Crippen LogP contribution in [0.2, 0.25) is 0 Å². The maximum Gasteiger partial charge on any atom is 0.323 e. The van der Waals surface area contributed by atoms with Crippen LogP contribution in [0.3, 0.4) is 0 Å². The molecule has 5 N–H and O–H groups in total. The van der Waals surface area contributed by atoms with E-state index in [-0.39, 0.29) is 0 Å². The summed E-state index contributed by atoms with van der Waals surface area (Å²) in [7, 11) is 0. The number of aromatic nitrogens is 2. The molecule has 0 saturated carbocycles. The summed E-state index contributed by atoms with van der Waals surface area (Å²) < 4.78 is 5.54. The van der Waals surface area contributed by atoms with Crippen LogP contribution in [-0.2, 0) is 10.3 Å². The van der Waals surface area contributed by atoms with Gasteiger partial charge in [0.1, 0.15) is 5.82 Å². The van der Waals surface area contributed by atoms with Crippen molar-refractivity contribution in [2.45, 2.75) is 33.3 Å². The van der Waals surface area contributed by atoms with Crippen LogP contribution in [-0.4, -0.2) is 53.3 Å². The molecule has 10 nitrogen and oxygen atoms in total. The van der Waals surface area contributed by atoms with Gasteiger partial charge in [-0.2, -0.15) is 0 Å². The van der Waals surface area contributed by atoms with Gasteiger partial charge in [-0.15, -0.1) is 0 Å². The number of morpholine rings is 1. The molecule has 2 heterocycles. The van der Waals surface area contributed by atoms with Gasteiger partial charge in [-0.25, -0.2) is 14.8 Å². The minimum absolute atomic E-state index is 0.414. The van der Waals surface area contributed by atoms with Crippen molar-refractivity contribution in [2.75, 3.05) is 41.8 Å². The number of carbonyl (C=O) groups excluding carboxylic acids is 2. The van der Waals surface area contributed by atoms with E-state index in [9.17, 15) is 14.7 Å². The molecule has 1 saturated heterocycles. The summed E-state index contributed by atoms with van der Waals surface area (Å²) >= 11 is 0. The molecule has 0 unspecified atom stereocenters. The molecule has 3 aromatic carbocycles. The summed E-state index contributed by atoms with van der Waals surface area (Å²) in [6, 6.07) is 15.9. The maximum absolute atomic E-state index is 12.7. The van der Waals surface area contributed by atoms with E-state index in [1.807, 2.05) is 37.3 Å². The van der Waals surface area contributed by atoms with Crippen molar-refractivity contribution >= 4 is 40.0 Å². The highest BCUT2D eigenvalue weighted by atomic mass is 16.5. The third-order valence-electron chi connectivity index (χ3n) is 7.40. The molecule has 10 heteroatoms. The Kier molecular flexibility index (Phi) is 7.61. The number of nitrogens with one attached hydrogen (secondary N) is 2. The Bertz CT molecular complexity index is 1620. The van der Waals surface area contributed by atoms with Gasteiger partial charge >= 0.3 is 6.03 Å². The van der Waals surface area contributed by atoms with Gasteiger partial charge in [-0.3, -0.25) is 4.79 Å². The second kappa shape index (κ2) is 11.1. The van der Waals surface area contributed by atoms with E-state index in [1.165, 1.54) is 0 Å². The van der Waals surface area contributed by atoms with Crippen molar-refractivity contribution in [1.29, 1.82) is 0 Å². The summed E-state index contributed by atoms with van der Waals surface area (Å²) in [5, 5.41) is 17.2. The topological polar surface area (TPSA) is 143 Å². The zero-order valence-corrected chi connectivity index (χ0v) is 23.6. The molecule has 1 aromatic heterocycles. The number of aliphatic hydroxyl groups is 1. The Morgan fingerprint density at radius 1 is 0.951 bits per heavy atom. The molecule has 5 rings (SSSR count). The van der Waals surface area contributed by atoms with Crippen molar-refractivity contribution < 1.29 is 19.4 Å².